The van der Waals surface area contributed by atoms with Gasteiger partial charge in [0.05, 0.1) is 10.6 Å². The molecule has 2 heterocycles. The molecule has 0 aromatic heterocycles. The molecule has 4 aromatic rings. The van der Waals surface area contributed by atoms with Crippen molar-refractivity contribution < 1.29 is 4.92 Å². The zero-order valence-electron chi connectivity index (χ0n) is 20.0. The van der Waals surface area contributed by atoms with E-state index in [1.807, 2.05) is 6.07 Å². The van der Waals surface area contributed by atoms with Crippen molar-refractivity contribution in [3.05, 3.63) is 135 Å². The highest BCUT2D eigenvalue weighted by Crippen LogP contribution is 2.49. The summed E-state index contributed by atoms with van der Waals surface area (Å²) in [7, 11) is 0. The van der Waals surface area contributed by atoms with E-state index in [9.17, 15) is 10.1 Å². The number of nitrogens with zero attached hydrogens (tertiary/aromatic N) is 3. The molecule has 0 spiro atoms. The van der Waals surface area contributed by atoms with E-state index in [-0.39, 0.29) is 10.6 Å². The Kier molecular flexibility index (Phi) is 5.82. The molecule has 2 aliphatic heterocycles. The molecule has 0 bridgehead atoms. The highest BCUT2D eigenvalue weighted by Gasteiger charge is 2.35. The van der Waals surface area contributed by atoms with Gasteiger partial charge in [-0.2, -0.15) is 0 Å². The Bertz CT molecular complexity index is 1360. The molecular formula is C31H27N3O2. The van der Waals surface area contributed by atoms with Crippen LogP contribution in [0.2, 0.25) is 0 Å². The normalized spacial score (nSPS) is 18.7. The van der Waals surface area contributed by atoms with E-state index in [1.54, 1.807) is 18.3 Å². The van der Waals surface area contributed by atoms with E-state index in [0.29, 0.717) is 11.8 Å². The van der Waals surface area contributed by atoms with Gasteiger partial charge >= 0.3 is 0 Å². The standard InChI is InChI=1S/C31H27N3O2/c35-34(36)26-13-7-8-22(18-26)21-32-25-19-29-27(23-9-3-1-4-10-23)14-16-33-17-15-28(30(20-25)31(29)33)24-11-5-2-6-12-24/h1-13,18-21,27-28H,14-17H2/t27-,28-/m0/s1. The first-order chi connectivity index (χ1) is 17.7. The summed E-state index contributed by atoms with van der Waals surface area (Å²) in [6.45, 7) is 2.11. The number of nitro benzene ring substituents is 1. The van der Waals surface area contributed by atoms with E-state index < -0.39 is 0 Å². The zero-order valence-corrected chi connectivity index (χ0v) is 20.0. The highest BCUT2D eigenvalue weighted by molar-refractivity contribution is 5.84. The van der Waals surface area contributed by atoms with Crippen LogP contribution >= 0.6 is 0 Å². The Balaban J connectivity index is 1.48. The Hall–Kier alpha value is -4.25. The average molecular weight is 474 g/mol. The van der Waals surface area contributed by atoms with Crippen molar-refractivity contribution >= 4 is 23.3 Å². The second-order valence-electron chi connectivity index (χ2n) is 9.57. The molecule has 0 radical (unpaired) electrons. The van der Waals surface area contributed by atoms with Crippen LogP contribution in [0, 0.1) is 10.1 Å². The number of nitro groups is 1. The lowest BCUT2D eigenvalue weighted by Crippen LogP contribution is -2.37. The summed E-state index contributed by atoms with van der Waals surface area (Å²) in [5.74, 6) is 0.636. The van der Waals surface area contributed by atoms with E-state index >= 15 is 0 Å². The van der Waals surface area contributed by atoms with Gasteiger partial charge in [-0.3, -0.25) is 15.1 Å². The molecule has 0 saturated heterocycles. The number of anilines is 1. The van der Waals surface area contributed by atoms with Crippen LogP contribution in [0.15, 0.2) is 102 Å². The number of hydrogen-bond donors (Lipinski definition) is 0. The second kappa shape index (κ2) is 9.42. The summed E-state index contributed by atoms with van der Waals surface area (Å²) >= 11 is 0. The van der Waals surface area contributed by atoms with Gasteiger partial charge in [-0.1, -0.05) is 72.8 Å². The van der Waals surface area contributed by atoms with Crippen LogP contribution in [-0.4, -0.2) is 24.2 Å². The molecular weight excluding hydrogens is 446 g/mol. The summed E-state index contributed by atoms with van der Waals surface area (Å²) in [5, 5.41) is 11.2. The minimum absolute atomic E-state index is 0.0726. The largest absolute Gasteiger partial charge is 0.371 e. The van der Waals surface area contributed by atoms with Crippen molar-refractivity contribution in [3.63, 3.8) is 0 Å². The SMILES string of the molecule is O=[N+]([O-])c1cccc(C=Nc2cc3c4c(c2)[C@H](c2ccccc2)CCN4CC[C@H]3c2ccccc2)c1. The van der Waals surface area contributed by atoms with Crippen molar-refractivity contribution in [2.75, 3.05) is 18.0 Å². The lowest BCUT2D eigenvalue weighted by atomic mass is 9.76. The molecule has 0 aliphatic carbocycles. The van der Waals surface area contributed by atoms with Crippen LogP contribution in [0.1, 0.15) is 52.5 Å². The third kappa shape index (κ3) is 4.17. The summed E-state index contributed by atoms with van der Waals surface area (Å²) in [6, 6.07) is 32.6. The zero-order chi connectivity index (χ0) is 24.5. The lowest BCUT2D eigenvalue weighted by molar-refractivity contribution is -0.384. The molecule has 2 aliphatic rings. The van der Waals surface area contributed by atoms with Crippen LogP contribution in [0.25, 0.3) is 0 Å². The highest BCUT2D eigenvalue weighted by atomic mass is 16.6. The molecule has 6 rings (SSSR count). The topological polar surface area (TPSA) is 58.7 Å². The van der Waals surface area contributed by atoms with Gasteiger partial charge in [-0.15, -0.1) is 0 Å². The van der Waals surface area contributed by atoms with E-state index in [0.717, 1.165) is 37.2 Å². The van der Waals surface area contributed by atoms with Crippen molar-refractivity contribution in [2.24, 2.45) is 4.99 Å². The van der Waals surface area contributed by atoms with Crippen molar-refractivity contribution in [3.8, 4) is 0 Å². The number of hydrogen-bond acceptors (Lipinski definition) is 4. The Morgan fingerprint density at radius 2 is 1.36 bits per heavy atom. The number of aliphatic imine (C=N–C) groups is 1. The fourth-order valence-electron chi connectivity index (χ4n) is 5.78. The quantitative estimate of drug-likeness (QED) is 0.175. The lowest BCUT2D eigenvalue weighted by Gasteiger charge is -2.43. The molecule has 0 amide bonds. The van der Waals surface area contributed by atoms with Gasteiger partial charge < -0.3 is 4.90 Å². The van der Waals surface area contributed by atoms with Gasteiger partial charge in [0.15, 0.2) is 0 Å². The van der Waals surface area contributed by atoms with Gasteiger partial charge in [0.25, 0.3) is 5.69 Å². The molecule has 4 aromatic carbocycles. The van der Waals surface area contributed by atoms with Crippen LogP contribution in [-0.2, 0) is 0 Å². The van der Waals surface area contributed by atoms with Gasteiger partial charge in [0.1, 0.15) is 0 Å². The van der Waals surface area contributed by atoms with Gasteiger partial charge in [0, 0.05) is 49.0 Å². The molecule has 0 unspecified atom stereocenters. The van der Waals surface area contributed by atoms with Crippen LogP contribution in [0.5, 0.6) is 0 Å². The monoisotopic (exact) mass is 473 g/mol. The van der Waals surface area contributed by atoms with Gasteiger partial charge in [0.2, 0.25) is 0 Å². The summed E-state index contributed by atoms with van der Waals surface area (Å²) in [4.78, 5) is 18.2. The molecule has 36 heavy (non-hydrogen) atoms. The first-order valence-corrected chi connectivity index (χ1v) is 12.5. The third-order valence-electron chi connectivity index (χ3n) is 7.44. The third-order valence-corrected chi connectivity index (χ3v) is 7.44. The summed E-state index contributed by atoms with van der Waals surface area (Å²) in [5.41, 5.74) is 8.38. The van der Waals surface area contributed by atoms with Crippen molar-refractivity contribution in [1.82, 2.24) is 0 Å². The maximum Gasteiger partial charge on any atom is 0.270 e. The molecule has 5 heteroatoms. The van der Waals surface area contributed by atoms with Crippen LogP contribution in [0.3, 0.4) is 0 Å². The van der Waals surface area contributed by atoms with E-state index in [4.69, 9.17) is 4.99 Å². The Morgan fingerprint density at radius 3 is 1.92 bits per heavy atom. The van der Waals surface area contributed by atoms with Crippen LogP contribution < -0.4 is 4.90 Å². The first kappa shape index (κ1) is 22.2. The van der Waals surface area contributed by atoms with Crippen molar-refractivity contribution in [2.45, 2.75) is 24.7 Å². The second-order valence-corrected chi connectivity index (χ2v) is 9.57. The van der Waals surface area contributed by atoms with Crippen LogP contribution in [0.4, 0.5) is 17.1 Å². The number of non-ortho nitro benzene ring substituents is 1. The molecule has 0 N–H and O–H groups in total. The number of benzene rings is 4. The fourth-order valence-corrected chi connectivity index (χ4v) is 5.78. The summed E-state index contributed by atoms with van der Waals surface area (Å²) < 4.78 is 0. The number of rotatable bonds is 5. The van der Waals surface area contributed by atoms with E-state index in [1.165, 1.54) is 34.0 Å². The van der Waals surface area contributed by atoms with E-state index in [2.05, 4.69) is 77.7 Å². The average Bonchev–Trinajstić information content (AvgIpc) is 2.93. The maximum absolute atomic E-state index is 11.2. The fraction of sp³-hybridized carbons (Fsp3) is 0.194. The van der Waals surface area contributed by atoms with Gasteiger partial charge in [-0.05, 0) is 52.8 Å². The molecule has 2 atom stereocenters. The summed E-state index contributed by atoms with van der Waals surface area (Å²) in [6.07, 6.45) is 3.88. The maximum atomic E-state index is 11.2. The minimum Gasteiger partial charge on any atom is -0.371 e. The molecule has 178 valence electrons. The smallest absolute Gasteiger partial charge is 0.270 e. The van der Waals surface area contributed by atoms with Crippen molar-refractivity contribution in [1.29, 1.82) is 0 Å². The first-order valence-electron chi connectivity index (χ1n) is 12.5. The Labute approximate surface area is 210 Å². The predicted molar refractivity (Wildman–Crippen MR) is 145 cm³/mol. The molecule has 0 saturated carbocycles. The molecule has 0 fully saturated rings. The van der Waals surface area contributed by atoms with Gasteiger partial charge in [-0.25, -0.2) is 0 Å². The predicted octanol–water partition coefficient (Wildman–Crippen LogP) is 7.22. The Morgan fingerprint density at radius 1 is 0.778 bits per heavy atom. The molecule has 5 nitrogen and oxygen atoms in total. The minimum atomic E-state index is -0.371.